The predicted octanol–water partition coefficient (Wildman–Crippen LogP) is 3.20. The van der Waals surface area contributed by atoms with E-state index in [1.165, 1.54) is 6.07 Å². The Morgan fingerprint density at radius 1 is 0.950 bits per heavy atom. The average Bonchev–Trinajstić information content (AvgIpc) is 2.48. The van der Waals surface area contributed by atoms with Gasteiger partial charge in [0.15, 0.2) is 11.5 Å². The monoisotopic (exact) mass is 275 g/mol. The van der Waals surface area contributed by atoms with Gasteiger partial charge < -0.3 is 15.2 Å². The molecule has 1 atom stereocenters. The van der Waals surface area contributed by atoms with E-state index in [0.29, 0.717) is 17.1 Å². The van der Waals surface area contributed by atoms with Crippen molar-refractivity contribution < 1.29 is 13.9 Å². The second-order valence-corrected chi connectivity index (χ2v) is 4.60. The van der Waals surface area contributed by atoms with Crippen molar-refractivity contribution in [2.75, 3.05) is 14.2 Å². The number of rotatable bonds is 4. The largest absolute Gasteiger partial charge is 0.493 e. The lowest BCUT2D eigenvalue weighted by molar-refractivity contribution is 0.354. The van der Waals surface area contributed by atoms with Crippen molar-refractivity contribution in [2.45, 2.75) is 13.0 Å². The van der Waals surface area contributed by atoms with Crippen LogP contribution < -0.4 is 15.2 Å². The van der Waals surface area contributed by atoms with E-state index < -0.39 is 6.04 Å². The molecule has 0 aliphatic rings. The molecule has 0 spiro atoms. The third-order valence-electron chi connectivity index (χ3n) is 3.32. The van der Waals surface area contributed by atoms with Crippen molar-refractivity contribution in [3.8, 4) is 11.5 Å². The maximum absolute atomic E-state index is 13.6. The molecular weight excluding hydrogens is 257 g/mol. The molecule has 0 saturated carbocycles. The fourth-order valence-electron chi connectivity index (χ4n) is 2.04. The Kier molecular flexibility index (Phi) is 4.25. The summed E-state index contributed by atoms with van der Waals surface area (Å²) in [6, 6.07) is 10.1. The molecule has 0 bridgehead atoms. The highest BCUT2D eigenvalue weighted by Gasteiger charge is 2.13. The first-order chi connectivity index (χ1) is 9.56. The summed E-state index contributed by atoms with van der Waals surface area (Å²) in [5.41, 5.74) is 8.35. The first kappa shape index (κ1) is 14.3. The molecular formula is C16H18FNO2. The van der Waals surface area contributed by atoms with Gasteiger partial charge in [-0.2, -0.15) is 0 Å². The number of hydrogen-bond acceptors (Lipinski definition) is 3. The Labute approximate surface area is 118 Å². The van der Waals surface area contributed by atoms with Crippen molar-refractivity contribution in [1.29, 1.82) is 0 Å². The normalized spacial score (nSPS) is 12.1. The Balaban J connectivity index is 2.37. The Morgan fingerprint density at radius 3 is 2.15 bits per heavy atom. The predicted molar refractivity (Wildman–Crippen MR) is 76.7 cm³/mol. The Morgan fingerprint density at radius 2 is 1.55 bits per heavy atom. The summed E-state index contributed by atoms with van der Waals surface area (Å²) in [4.78, 5) is 0. The van der Waals surface area contributed by atoms with Gasteiger partial charge in [0, 0.05) is 0 Å². The zero-order valence-electron chi connectivity index (χ0n) is 11.8. The minimum atomic E-state index is -0.412. The van der Waals surface area contributed by atoms with E-state index in [-0.39, 0.29) is 5.82 Å². The van der Waals surface area contributed by atoms with E-state index in [1.807, 2.05) is 12.1 Å². The molecule has 20 heavy (non-hydrogen) atoms. The van der Waals surface area contributed by atoms with E-state index in [4.69, 9.17) is 15.2 Å². The number of nitrogens with two attached hydrogens (primary N) is 1. The van der Waals surface area contributed by atoms with Crippen LogP contribution in [-0.4, -0.2) is 14.2 Å². The summed E-state index contributed by atoms with van der Waals surface area (Å²) in [6.45, 7) is 1.72. The summed E-state index contributed by atoms with van der Waals surface area (Å²) in [5, 5.41) is 0. The number of ether oxygens (including phenoxy) is 2. The molecule has 2 aromatic rings. The van der Waals surface area contributed by atoms with Gasteiger partial charge in [-0.3, -0.25) is 0 Å². The van der Waals surface area contributed by atoms with Gasteiger partial charge in [0.2, 0.25) is 0 Å². The zero-order valence-corrected chi connectivity index (χ0v) is 11.8. The number of hydrogen-bond donors (Lipinski definition) is 1. The van der Waals surface area contributed by atoms with Crippen LogP contribution in [0.2, 0.25) is 0 Å². The number of benzene rings is 2. The van der Waals surface area contributed by atoms with E-state index in [9.17, 15) is 4.39 Å². The van der Waals surface area contributed by atoms with Crippen LogP contribution in [0.15, 0.2) is 36.4 Å². The van der Waals surface area contributed by atoms with E-state index in [2.05, 4.69) is 0 Å². The van der Waals surface area contributed by atoms with E-state index in [0.717, 1.165) is 11.1 Å². The zero-order chi connectivity index (χ0) is 14.7. The summed E-state index contributed by atoms with van der Waals surface area (Å²) in [5.74, 6) is 0.991. The number of aryl methyl sites for hydroxylation is 1. The van der Waals surface area contributed by atoms with Crippen molar-refractivity contribution in [3.05, 3.63) is 58.9 Å². The average molecular weight is 275 g/mol. The first-order valence-electron chi connectivity index (χ1n) is 6.30. The van der Waals surface area contributed by atoms with Crippen LogP contribution in [0.4, 0.5) is 4.39 Å². The fraction of sp³-hybridized carbons (Fsp3) is 0.250. The van der Waals surface area contributed by atoms with Gasteiger partial charge in [0.25, 0.3) is 0 Å². The molecule has 0 heterocycles. The summed E-state index contributed by atoms with van der Waals surface area (Å²) in [6.07, 6.45) is 0. The molecule has 0 saturated heterocycles. The molecule has 106 valence electrons. The minimum absolute atomic E-state index is 0.251. The van der Waals surface area contributed by atoms with Gasteiger partial charge >= 0.3 is 0 Å². The van der Waals surface area contributed by atoms with Crippen molar-refractivity contribution >= 4 is 0 Å². The molecule has 0 aromatic heterocycles. The third kappa shape index (κ3) is 2.75. The van der Waals surface area contributed by atoms with Gasteiger partial charge in [-0.25, -0.2) is 4.39 Å². The van der Waals surface area contributed by atoms with Crippen molar-refractivity contribution in [3.63, 3.8) is 0 Å². The van der Waals surface area contributed by atoms with Crippen LogP contribution in [0.5, 0.6) is 11.5 Å². The quantitative estimate of drug-likeness (QED) is 0.932. The lowest BCUT2D eigenvalue weighted by atomic mass is 9.98. The molecule has 0 amide bonds. The van der Waals surface area contributed by atoms with Crippen molar-refractivity contribution in [2.24, 2.45) is 5.73 Å². The molecule has 0 aliphatic heterocycles. The van der Waals surface area contributed by atoms with Crippen LogP contribution in [0.1, 0.15) is 22.7 Å². The highest BCUT2D eigenvalue weighted by Crippen LogP contribution is 2.31. The molecule has 1 unspecified atom stereocenters. The second-order valence-electron chi connectivity index (χ2n) is 4.60. The van der Waals surface area contributed by atoms with Gasteiger partial charge in [0.1, 0.15) is 5.82 Å². The van der Waals surface area contributed by atoms with Gasteiger partial charge in [-0.1, -0.05) is 18.2 Å². The van der Waals surface area contributed by atoms with Crippen LogP contribution in [-0.2, 0) is 0 Å². The standard InChI is InChI=1S/C16H18FNO2/c1-10-4-5-11(8-13(10)17)16(18)12-6-7-14(19-2)15(9-12)20-3/h4-9,16H,18H2,1-3H3. The fourth-order valence-corrected chi connectivity index (χ4v) is 2.04. The molecule has 2 N–H and O–H groups in total. The van der Waals surface area contributed by atoms with Gasteiger partial charge in [0.05, 0.1) is 20.3 Å². The highest BCUT2D eigenvalue weighted by molar-refractivity contribution is 5.46. The molecule has 4 heteroatoms. The minimum Gasteiger partial charge on any atom is -0.493 e. The topological polar surface area (TPSA) is 44.5 Å². The SMILES string of the molecule is COc1ccc(C(N)c2ccc(C)c(F)c2)cc1OC. The maximum atomic E-state index is 13.6. The van der Waals surface area contributed by atoms with E-state index >= 15 is 0 Å². The Bertz CT molecular complexity index is 613. The molecule has 3 nitrogen and oxygen atoms in total. The van der Waals surface area contributed by atoms with Gasteiger partial charge in [-0.15, -0.1) is 0 Å². The second kappa shape index (κ2) is 5.92. The van der Waals surface area contributed by atoms with Gasteiger partial charge in [-0.05, 0) is 41.8 Å². The van der Waals surface area contributed by atoms with Crippen LogP contribution in [0.3, 0.4) is 0 Å². The molecule has 2 aromatic carbocycles. The third-order valence-corrected chi connectivity index (χ3v) is 3.32. The summed E-state index contributed by atoms with van der Waals surface area (Å²) >= 11 is 0. The molecule has 2 rings (SSSR count). The number of methoxy groups -OCH3 is 2. The number of halogens is 1. The van der Waals surface area contributed by atoms with Crippen LogP contribution in [0.25, 0.3) is 0 Å². The molecule has 0 radical (unpaired) electrons. The van der Waals surface area contributed by atoms with Crippen molar-refractivity contribution in [1.82, 2.24) is 0 Å². The van der Waals surface area contributed by atoms with E-state index in [1.54, 1.807) is 39.3 Å². The summed E-state index contributed by atoms with van der Waals surface area (Å²) < 4.78 is 24.1. The lowest BCUT2D eigenvalue weighted by Crippen LogP contribution is -2.12. The molecule has 0 aliphatic carbocycles. The van der Waals surface area contributed by atoms with Crippen LogP contribution >= 0.6 is 0 Å². The molecule has 0 fully saturated rings. The lowest BCUT2D eigenvalue weighted by Gasteiger charge is -2.16. The summed E-state index contributed by atoms with van der Waals surface area (Å²) in [7, 11) is 3.14. The first-order valence-corrected chi connectivity index (χ1v) is 6.30. The Hall–Kier alpha value is -2.07. The maximum Gasteiger partial charge on any atom is 0.161 e. The smallest absolute Gasteiger partial charge is 0.161 e. The van der Waals surface area contributed by atoms with Crippen LogP contribution in [0, 0.1) is 12.7 Å². The highest BCUT2D eigenvalue weighted by atomic mass is 19.1.